The fourth-order valence-corrected chi connectivity index (χ4v) is 6.23. The lowest BCUT2D eigenvalue weighted by molar-refractivity contribution is 0.0991. The molecule has 7 N–H and O–H groups in total. The molecule has 0 saturated heterocycles. The van der Waals surface area contributed by atoms with Gasteiger partial charge in [0.05, 0.1) is 34.5 Å². The number of nitrogens with two attached hydrogens (primary N) is 2. The van der Waals surface area contributed by atoms with E-state index in [-0.39, 0.29) is 61.0 Å². The third-order valence-electron chi connectivity index (χ3n) is 9.02. The summed E-state index contributed by atoms with van der Waals surface area (Å²) in [6.45, 7) is 10.5. The van der Waals surface area contributed by atoms with Gasteiger partial charge in [0.15, 0.2) is 0 Å². The predicted molar refractivity (Wildman–Crippen MR) is 209 cm³/mol. The van der Waals surface area contributed by atoms with E-state index in [0.717, 1.165) is 0 Å². The Morgan fingerprint density at radius 2 is 1.32 bits per heavy atom. The first kappa shape index (κ1) is 38.9. The minimum absolute atomic E-state index is 0.121. The van der Waals surface area contributed by atoms with Gasteiger partial charge in [-0.05, 0) is 70.2 Å². The van der Waals surface area contributed by atoms with E-state index in [9.17, 15) is 24.3 Å². The number of aliphatic hydroxyl groups excluding tert-OH is 1. The van der Waals surface area contributed by atoms with Crippen molar-refractivity contribution < 1.29 is 29.0 Å². The van der Waals surface area contributed by atoms with Crippen molar-refractivity contribution in [2.24, 2.45) is 17.4 Å². The Bertz CT molecular complexity index is 2500. The lowest BCUT2D eigenvalue weighted by atomic mass is 10.1. The van der Waals surface area contributed by atoms with Crippen LogP contribution in [0.4, 0.5) is 11.9 Å². The highest BCUT2D eigenvalue weighted by atomic mass is 16.5. The van der Waals surface area contributed by atoms with Crippen molar-refractivity contribution in [1.29, 1.82) is 0 Å². The summed E-state index contributed by atoms with van der Waals surface area (Å²) in [5.74, 6) is -1.70. The molecule has 292 valence electrons. The van der Waals surface area contributed by atoms with Crippen molar-refractivity contribution in [3.63, 3.8) is 0 Å². The lowest BCUT2D eigenvalue weighted by Crippen LogP contribution is -2.20. The minimum Gasteiger partial charge on any atom is -0.491 e. The number of benzene rings is 2. The molecule has 4 aromatic heterocycles. The van der Waals surface area contributed by atoms with Gasteiger partial charge in [-0.2, -0.15) is 10.2 Å². The van der Waals surface area contributed by atoms with Gasteiger partial charge in [0, 0.05) is 49.8 Å². The van der Waals surface area contributed by atoms with Crippen LogP contribution in [0.25, 0.3) is 22.1 Å². The first-order chi connectivity index (χ1) is 26.8. The Morgan fingerprint density at radius 1 is 0.786 bits per heavy atom. The van der Waals surface area contributed by atoms with Gasteiger partial charge < -0.3 is 30.4 Å². The number of aliphatic hydroxyl groups is 1. The van der Waals surface area contributed by atoms with Crippen LogP contribution in [0.1, 0.15) is 73.9 Å². The molecule has 6 aromatic rings. The number of allylic oxidation sites excluding steroid dienone is 2. The van der Waals surface area contributed by atoms with Crippen LogP contribution < -0.4 is 26.8 Å². The van der Waals surface area contributed by atoms with Crippen LogP contribution >= 0.6 is 0 Å². The summed E-state index contributed by atoms with van der Waals surface area (Å²) in [7, 11) is 0. The molecular weight excluding hydrogens is 720 g/mol. The van der Waals surface area contributed by atoms with Crippen LogP contribution in [0.3, 0.4) is 0 Å². The van der Waals surface area contributed by atoms with E-state index >= 15 is 0 Å². The number of carbonyl (C=O) groups is 4. The summed E-state index contributed by atoms with van der Waals surface area (Å²) >= 11 is 0. The van der Waals surface area contributed by atoms with E-state index in [2.05, 4.69) is 25.8 Å². The maximum atomic E-state index is 13.6. The van der Waals surface area contributed by atoms with E-state index in [1.165, 1.54) is 12.1 Å². The molecule has 56 heavy (non-hydrogen) atoms. The first-order valence-electron chi connectivity index (χ1n) is 18.1. The summed E-state index contributed by atoms with van der Waals surface area (Å²) in [6, 6.07) is 11.3. The highest BCUT2D eigenvalue weighted by Crippen LogP contribution is 2.32. The summed E-state index contributed by atoms with van der Waals surface area (Å²) in [5.41, 5.74) is 15.6. The SMILES string of the molecule is CCn1nc(C)cc1C(=O)Nc1nc2cc(C(N)=O)ccc2n1C/C=C/Cn1c(NC(=O)c2cc(C)nn2CC)nc2cc(C(N)=O)cc(OCC(C)CO)c21. The maximum Gasteiger partial charge on any atom is 0.276 e. The fourth-order valence-electron chi connectivity index (χ4n) is 6.23. The normalized spacial score (nSPS) is 12.1. The molecule has 0 bridgehead atoms. The minimum atomic E-state index is -0.693. The molecule has 4 amide bonds. The summed E-state index contributed by atoms with van der Waals surface area (Å²) < 4.78 is 12.8. The van der Waals surface area contributed by atoms with Crippen molar-refractivity contribution in [2.45, 2.75) is 60.8 Å². The molecule has 0 aliphatic rings. The van der Waals surface area contributed by atoms with Crippen LogP contribution in [0.5, 0.6) is 5.75 Å². The number of ether oxygens (including phenoxy) is 1. The maximum absolute atomic E-state index is 13.6. The molecule has 0 aliphatic carbocycles. The van der Waals surface area contributed by atoms with E-state index < -0.39 is 23.6 Å². The zero-order chi connectivity index (χ0) is 40.3. The average molecular weight is 765 g/mol. The van der Waals surface area contributed by atoms with E-state index in [1.807, 2.05) is 32.9 Å². The standard InChI is InChI=1S/C38H44N12O6/c1-6-49-29(14-22(4)45-49)35(54)43-37-41-26-16-24(33(39)52)10-11-28(26)47(37)12-8-9-13-48-32-27(17-25(34(40)53)18-31(32)56-20-21(3)19-51)42-38(48)44-36(55)30-15-23(5)46-50(30)7-2/h8-11,14-18,21,51H,6-7,12-13,19-20H2,1-5H3,(H2,39,52)(H2,40,53)(H,41,43,54)(H,42,44,55)/b9-8+. The number of anilines is 2. The van der Waals surface area contributed by atoms with Crippen molar-refractivity contribution in [1.82, 2.24) is 38.7 Å². The molecule has 6 rings (SSSR count). The van der Waals surface area contributed by atoms with Crippen LogP contribution in [0.2, 0.25) is 0 Å². The average Bonchev–Trinajstić information content (AvgIpc) is 3.93. The largest absolute Gasteiger partial charge is 0.491 e. The second-order valence-corrected chi connectivity index (χ2v) is 13.3. The number of amides is 4. The van der Waals surface area contributed by atoms with Gasteiger partial charge in [0.2, 0.25) is 23.7 Å². The number of rotatable bonds is 16. The molecule has 0 radical (unpaired) electrons. The van der Waals surface area contributed by atoms with Gasteiger partial charge in [0.1, 0.15) is 22.7 Å². The Labute approximate surface area is 321 Å². The van der Waals surface area contributed by atoms with Crippen molar-refractivity contribution >= 4 is 57.6 Å². The molecule has 4 heterocycles. The zero-order valence-electron chi connectivity index (χ0n) is 31.7. The molecule has 1 atom stereocenters. The topological polar surface area (TPSA) is 245 Å². The number of primary amides is 2. The molecule has 0 fully saturated rings. The van der Waals surface area contributed by atoms with Crippen LogP contribution in [0, 0.1) is 19.8 Å². The highest BCUT2D eigenvalue weighted by Gasteiger charge is 2.23. The van der Waals surface area contributed by atoms with Crippen LogP contribution in [0.15, 0.2) is 54.6 Å². The fraction of sp³-hybridized carbons (Fsp3) is 0.316. The number of nitrogens with one attached hydrogen (secondary N) is 2. The van der Waals surface area contributed by atoms with Gasteiger partial charge in [-0.25, -0.2) is 9.97 Å². The lowest BCUT2D eigenvalue weighted by Gasteiger charge is -2.15. The van der Waals surface area contributed by atoms with Crippen molar-refractivity contribution in [3.8, 4) is 5.75 Å². The number of carbonyl (C=O) groups excluding carboxylic acids is 4. The van der Waals surface area contributed by atoms with E-state index in [0.29, 0.717) is 57.9 Å². The summed E-state index contributed by atoms with van der Waals surface area (Å²) in [5, 5.41) is 24.2. The van der Waals surface area contributed by atoms with E-state index in [1.54, 1.807) is 62.7 Å². The van der Waals surface area contributed by atoms with Crippen molar-refractivity contribution in [2.75, 3.05) is 23.8 Å². The summed E-state index contributed by atoms with van der Waals surface area (Å²) in [4.78, 5) is 60.8. The third-order valence-corrected chi connectivity index (χ3v) is 9.02. The summed E-state index contributed by atoms with van der Waals surface area (Å²) in [6.07, 6.45) is 3.68. The Balaban J connectivity index is 1.38. The van der Waals surface area contributed by atoms with Crippen LogP contribution in [-0.4, -0.2) is 80.6 Å². The van der Waals surface area contributed by atoms with Crippen molar-refractivity contribution in [3.05, 3.63) is 88.5 Å². The second-order valence-electron chi connectivity index (χ2n) is 13.3. The third kappa shape index (κ3) is 8.00. The molecule has 0 saturated carbocycles. The van der Waals surface area contributed by atoms with Crippen LogP contribution in [-0.2, 0) is 26.2 Å². The molecule has 0 spiro atoms. The number of hydrogen-bond acceptors (Lipinski definition) is 10. The number of imidazole rings is 2. The molecular formula is C38H44N12O6. The Hall–Kier alpha value is -6.82. The number of fused-ring (bicyclic) bond motifs is 2. The molecule has 2 aromatic carbocycles. The van der Waals surface area contributed by atoms with Gasteiger partial charge >= 0.3 is 0 Å². The van der Waals surface area contributed by atoms with Gasteiger partial charge in [-0.15, -0.1) is 0 Å². The monoisotopic (exact) mass is 764 g/mol. The predicted octanol–water partition coefficient (Wildman–Crippen LogP) is 3.40. The Morgan fingerprint density at radius 3 is 1.88 bits per heavy atom. The number of nitrogens with zero attached hydrogens (tertiary/aromatic N) is 8. The van der Waals surface area contributed by atoms with E-state index in [4.69, 9.17) is 21.2 Å². The molecule has 18 heteroatoms. The smallest absolute Gasteiger partial charge is 0.276 e. The first-order valence-corrected chi connectivity index (χ1v) is 18.1. The number of aromatic nitrogens is 8. The molecule has 18 nitrogen and oxygen atoms in total. The molecule has 1 unspecified atom stereocenters. The highest BCUT2D eigenvalue weighted by molar-refractivity contribution is 6.05. The van der Waals surface area contributed by atoms with Gasteiger partial charge in [-0.1, -0.05) is 19.1 Å². The van der Waals surface area contributed by atoms with Gasteiger partial charge in [-0.3, -0.25) is 39.2 Å². The second kappa shape index (κ2) is 16.3. The number of hydrogen-bond donors (Lipinski definition) is 5. The van der Waals surface area contributed by atoms with Gasteiger partial charge in [0.25, 0.3) is 11.8 Å². The number of aryl methyl sites for hydroxylation is 4. The zero-order valence-corrected chi connectivity index (χ0v) is 31.7. The Kier molecular flexibility index (Phi) is 11.3. The quantitative estimate of drug-likeness (QED) is 0.0899. The molecule has 0 aliphatic heterocycles.